The van der Waals surface area contributed by atoms with E-state index in [0.29, 0.717) is 43.9 Å². The van der Waals surface area contributed by atoms with Gasteiger partial charge < -0.3 is 29.5 Å². The van der Waals surface area contributed by atoms with Crippen LogP contribution < -0.4 is 0 Å². The van der Waals surface area contributed by atoms with E-state index in [0.717, 1.165) is 63.7 Å². The van der Waals surface area contributed by atoms with Gasteiger partial charge in [0.2, 0.25) is 0 Å². The SMILES string of the molecule is CCN(CC)CC(O)COC1CCC(C(C)(C)C2CCC(OCC(O)CN(CC)CC)CC2)CC1. The van der Waals surface area contributed by atoms with E-state index in [1.165, 1.54) is 25.7 Å². The Kier molecular flexibility index (Phi) is 14.1. The predicted octanol–water partition coefficient (Wildman–Crippen LogP) is 4.57. The van der Waals surface area contributed by atoms with E-state index in [-0.39, 0.29) is 12.2 Å². The quantitative estimate of drug-likeness (QED) is 0.325. The highest BCUT2D eigenvalue weighted by atomic mass is 16.5. The average molecular weight is 499 g/mol. The molecule has 0 aliphatic heterocycles. The van der Waals surface area contributed by atoms with Crippen LogP contribution in [0.3, 0.4) is 0 Å². The summed E-state index contributed by atoms with van der Waals surface area (Å²) in [4.78, 5) is 4.50. The van der Waals surface area contributed by atoms with Crippen LogP contribution in [-0.2, 0) is 9.47 Å². The van der Waals surface area contributed by atoms with Crippen molar-refractivity contribution in [3.63, 3.8) is 0 Å². The highest BCUT2D eigenvalue weighted by Gasteiger charge is 2.40. The molecule has 0 heterocycles. The second kappa shape index (κ2) is 15.9. The zero-order chi connectivity index (χ0) is 25.8. The number of hydrogen-bond donors (Lipinski definition) is 2. The van der Waals surface area contributed by atoms with Crippen LogP contribution in [0.15, 0.2) is 0 Å². The second-order valence-corrected chi connectivity index (χ2v) is 11.7. The van der Waals surface area contributed by atoms with Crippen molar-refractivity contribution in [3.05, 3.63) is 0 Å². The molecule has 2 aliphatic rings. The molecule has 35 heavy (non-hydrogen) atoms. The summed E-state index contributed by atoms with van der Waals surface area (Å²) in [6.07, 6.45) is 9.25. The molecule has 2 saturated carbocycles. The van der Waals surface area contributed by atoms with Gasteiger partial charge in [0.1, 0.15) is 0 Å². The molecule has 2 rings (SSSR count). The minimum atomic E-state index is -0.389. The second-order valence-electron chi connectivity index (χ2n) is 11.7. The number of hydrogen-bond acceptors (Lipinski definition) is 6. The van der Waals surface area contributed by atoms with Gasteiger partial charge in [0, 0.05) is 13.1 Å². The molecular weight excluding hydrogens is 440 g/mol. The minimum absolute atomic E-state index is 0.306. The Bertz CT molecular complexity index is 491. The molecule has 2 fully saturated rings. The lowest BCUT2D eigenvalue weighted by atomic mass is 9.60. The van der Waals surface area contributed by atoms with E-state index in [9.17, 15) is 10.2 Å². The number of aliphatic hydroxyl groups excluding tert-OH is 2. The maximum Gasteiger partial charge on any atom is 0.0900 e. The van der Waals surface area contributed by atoms with Crippen molar-refractivity contribution in [2.75, 3.05) is 52.5 Å². The molecule has 208 valence electrons. The van der Waals surface area contributed by atoms with E-state index >= 15 is 0 Å². The smallest absolute Gasteiger partial charge is 0.0900 e. The highest BCUT2D eigenvalue weighted by molar-refractivity contribution is 4.91. The van der Waals surface area contributed by atoms with Crippen LogP contribution in [0, 0.1) is 17.3 Å². The summed E-state index contributed by atoms with van der Waals surface area (Å²) in [6.45, 7) is 19.8. The maximum absolute atomic E-state index is 10.3. The van der Waals surface area contributed by atoms with E-state index in [1.807, 2.05) is 0 Å². The number of nitrogens with zero attached hydrogens (tertiary/aromatic N) is 2. The fourth-order valence-electron chi connectivity index (χ4n) is 6.44. The normalized spacial score (nSPS) is 27.9. The first kappa shape index (κ1) is 31.0. The third kappa shape index (κ3) is 10.2. The molecule has 0 bridgehead atoms. The third-order valence-corrected chi connectivity index (χ3v) is 9.23. The van der Waals surface area contributed by atoms with Crippen molar-refractivity contribution in [1.29, 1.82) is 0 Å². The molecule has 0 amide bonds. The van der Waals surface area contributed by atoms with Crippen molar-refractivity contribution in [3.8, 4) is 0 Å². The van der Waals surface area contributed by atoms with Gasteiger partial charge in [-0.1, -0.05) is 41.5 Å². The van der Waals surface area contributed by atoms with Crippen LogP contribution in [0.1, 0.15) is 92.9 Å². The molecule has 0 aromatic rings. The van der Waals surface area contributed by atoms with Gasteiger partial charge in [-0.15, -0.1) is 0 Å². The molecular formula is C29H58N2O4. The lowest BCUT2D eigenvalue weighted by Gasteiger charge is -2.46. The van der Waals surface area contributed by atoms with Gasteiger partial charge in [0.25, 0.3) is 0 Å². The van der Waals surface area contributed by atoms with Crippen LogP contribution >= 0.6 is 0 Å². The van der Waals surface area contributed by atoms with Crippen molar-refractivity contribution in [2.45, 2.75) is 117 Å². The maximum atomic E-state index is 10.3. The topological polar surface area (TPSA) is 65.4 Å². The Morgan fingerprint density at radius 2 is 0.943 bits per heavy atom. The molecule has 2 N–H and O–H groups in total. The number of rotatable bonds is 16. The summed E-state index contributed by atoms with van der Waals surface area (Å²) in [7, 11) is 0. The summed E-state index contributed by atoms with van der Waals surface area (Å²) in [5, 5.41) is 20.6. The summed E-state index contributed by atoms with van der Waals surface area (Å²) < 4.78 is 12.2. The molecule has 2 unspecified atom stereocenters. The van der Waals surface area contributed by atoms with Gasteiger partial charge in [-0.2, -0.15) is 0 Å². The summed E-state index contributed by atoms with van der Waals surface area (Å²) in [6, 6.07) is 0. The number of likely N-dealkylation sites (N-methyl/N-ethyl adjacent to an activating group) is 2. The van der Waals surface area contributed by atoms with Crippen molar-refractivity contribution < 1.29 is 19.7 Å². The highest BCUT2D eigenvalue weighted by Crippen LogP contribution is 2.48. The van der Waals surface area contributed by atoms with Gasteiger partial charge >= 0.3 is 0 Å². The Hall–Kier alpha value is -0.240. The molecule has 0 aromatic heterocycles. The van der Waals surface area contributed by atoms with Gasteiger partial charge in [-0.05, 0) is 94.8 Å². The van der Waals surface area contributed by atoms with Crippen molar-refractivity contribution in [2.24, 2.45) is 17.3 Å². The van der Waals surface area contributed by atoms with Crippen LogP contribution in [-0.4, -0.2) is 96.9 Å². The zero-order valence-electron chi connectivity index (χ0n) is 23.9. The predicted molar refractivity (Wildman–Crippen MR) is 145 cm³/mol. The van der Waals surface area contributed by atoms with Gasteiger partial charge in [0.15, 0.2) is 0 Å². The lowest BCUT2D eigenvalue weighted by Crippen LogP contribution is -2.40. The fourth-order valence-corrected chi connectivity index (χ4v) is 6.44. The molecule has 0 aromatic carbocycles. The Morgan fingerprint density at radius 1 is 0.629 bits per heavy atom. The monoisotopic (exact) mass is 498 g/mol. The molecule has 2 atom stereocenters. The van der Waals surface area contributed by atoms with Gasteiger partial charge in [-0.3, -0.25) is 0 Å². The summed E-state index contributed by atoms with van der Waals surface area (Å²) in [5.74, 6) is 1.50. The van der Waals surface area contributed by atoms with E-state index in [2.05, 4.69) is 51.3 Å². The Morgan fingerprint density at radius 3 is 1.23 bits per heavy atom. The van der Waals surface area contributed by atoms with Crippen molar-refractivity contribution in [1.82, 2.24) is 9.80 Å². The summed E-state index contributed by atoms with van der Waals surface area (Å²) >= 11 is 0. The van der Waals surface area contributed by atoms with Gasteiger partial charge in [0.05, 0.1) is 37.6 Å². The minimum Gasteiger partial charge on any atom is -0.389 e. The standard InChI is InChI=1S/C29H58N2O4/c1-7-30(8-2)19-25(32)21-34-27-15-11-23(12-16-27)29(5,6)24-13-17-28(18-14-24)35-22-26(33)20-31(9-3)10-4/h23-28,32-33H,7-22H2,1-6H3. The van der Waals surface area contributed by atoms with Crippen LogP contribution in [0.25, 0.3) is 0 Å². The van der Waals surface area contributed by atoms with E-state index < -0.39 is 0 Å². The molecule has 0 saturated heterocycles. The van der Waals surface area contributed by atoms with Crippen LogP contribution in [0.4, 0.5) is 0 Å². The number of ether oxygens (including phenoxy) is 2. The molecule has 0 radical (unpaired) electrons. The molecule has 0 spiro atoms. The largest absolute Gasteiger partial charge is 0.389 e. The van der Waals surface area contributed by atoms with Gasteiger partial charge in [-0.25, -0.2) is 0 Å². The van der Waals surface area contributed by atoms with Crippen molar-refractivity contribution >= 4 is 0 Å². The Labute approximate surface area is 216 Å². The zero-order valence-corrected chi connectivity index (χ0v) is 23.9. The summed E-state index contributed by atoms with van der Waals surface area (Å²) in [5.41, 5.74) is 0.348. The lowest BCUT2D eigenvalue weighted by molar-refractivity contribution is -0.0643. The first-order valence-corrected chi connectivity index (χ1v) is 14.8. The first-order valence-electron chi connectivity index (χ1n) is 14.8. The van der Waals surface area contributed by atoms with E-state index in [1.54, 1.807) is 0 Å². The first-order chi connectivity index (χ1) is 16.7. The number of aliphatic hydroxyl groups is 2. The molecule has 6 nitrogen and oxygen atoms in total. The molecule has 2 aliphatic carbocycles. The molecule has 6 heteroatoms. The van der Waals surface area contributed by atoms with E-state index in [4.69, 9.17) is 9.47 Å². The Balaban J connectivity index is 1.67. The fraction of sp³-hybridized carbons (Fsp3) is 1.00. The third-order valence-electron chi connectivity index (χ3n) is 9.23. The van der Waals surface area contributed by atoms with Crippen LogP contribution in [0.2, 0.25) is 0 Å². The average Bonchev–Trinajstić information content (AvgIpc) is 2.88. The van der Waals surface area contributed by atoms with Crippen LogP contribution in [0.5, 0.6) is 0 Å².